The van der Waals surface area contributed by atoms with Crippen LogP contribution in [-0.4, -0.2) is 5.91 Å². The van der Waals surface area contributed by atoms with Gasteiger partial charge in [-0.15, -0.1) is 0 Å². The van der Waals surface area contributed by atoms with Gasteiger partial charge in [-0.3, -0.25) is 4.79 Å². The molecule has 0 aliphatic carbocycles. The van der Waals surface area contributed by atoms with Gasteiger partial charge in [0.05, 0.1) is 6.42 Å². The Kier molecular flexibility index (Phi) is 4.41. The van der Waals surface area contributed by atoms with E-state index >= 15 is 0 Å². The molecule has 0 fully saturated rings. The summed E-state index contributed by atoms with van der Waals surface area (Å²) in [5.74, 6) is -0.317. The lowest BCUT2D eigenvalue weighted by atomic mass is 10.0. The first kappa shape index (κ1) is 14.1. The number of aryl methyl sites for hydroxylation is 1. The van der Waals surface area contributed by atoms with Gasteiger partial charge >= 0.3 is 0 Å². The number of primary amides is 1. The molecule has 2 aromatic carbocycles. The minimum atomic E-state index is -0.317. The number of amides is 1. The summed E-state index contributed by atoms with van der Waals surface area (Å²) in [5.41, 5.74) is 9.63. The molecule has 0 spiro atoms. The zero-order valence-electron chi connectivity index (χ0n) is 11.9. The highest BCUT2D eigenvalue weighted by atomic mass is 16.1. The first-order valence-electron chi connectivity index (χ1n) is 6.75. The highest BCUT2D eigenvalue weighted by molar-refractivity contribution is 5.78. The van der Waals surface area contributed by atoms with Crippen LogP contribution in [0.2, 0.25) is 0 Å². The van der Waals surface area contributed by atoms with Gasteiger partial charge < -0.3 is 11.1 Å². The molecule has 0 radical (unpaired) electrons. The number of para-hydroxylation sites is 1. The fourth-order valence-corrected chi connectivity index (χ4v) is 2.17. The average molecular weight is 268 g/mol. The Hall–Kier alpha value is -2.29. The highest BCUT2D eigenvalue weighted by Gasteiger charge is 2.09. The number of carbonyl (C=O) groups excluding carboxylic acids is 1. The number of hydrogen-bond donors (Lipinski definition) is 2. The van der Waals surface area contributed by atoms with Crippen molar-refractivity contribution in [1.82, 2.24) is 0 Å². The van der Waals surface area contributed by atoms with Gasteiger partial charge in [0, 0.05) is 11.7 Å². The van der Waals surface area contributed by atoms with Crippen molar-refractivity contribution < 1.29 is 4.79 Å². The third-order valence-corrected chi connectivity index (χ3v) is 3.33. The van der Waals surface area contributed by atoms with Crippen LogP contribution in [0.15, 0.2) is 48.5 Å². The fourth-order valence-electron chi connectivity index (χ4n) is 2.17. The van der Waals surface area contributed by atoms with Gasteiger partial charge in [-0.25, -0.2) is 0 Å². The Morgan fingerprint density at radius 2 is 1.80 bits per heavy atom. The third kappa shape index (κ3) is 3.60. The van der Waals surface area contributed by atoms with Crippen LogP contribution in [0, 0.1) is 6.92 Å². The highest BCUT2D eigenvalue weighted by Crippen LogP contribution is 2.23. The SMILES string of the molecule is Cc1ccc(C(C)Nc2ccccc2CC(N)=O)cc1. The zero-order chi connectivity index (χ0) is 14.5. The third-order valence-electron chi connectivity index (χ3n) is 3.33. The lowest BCUT2D eigenvalue weighted by Crippen LogP contribution is -2.16. The molecule has 1 amide bonds. The van der Waals surface area contributed by atoms with E-state index in [9.17, 15) is 4.79 Å². The Bertz CT molecular complexity index is 590. The van der Waals surface area contributed by atoms with Crippen LogP contribution in [0.5, 0.6) is 0 Å². The lowest BCUT2D eigenvalue weighted by Gasteiger charge is -2.18. The van der Waals surface area contributed by atoms with Gasteiger partial charge in [0.2, 0.25) is 5.91 Å². The molecule has 104 valence electrons. The fraction of sp³-hybridized carbons (Fsp3) is 0.235. The standard InChI is InChI=1S/C17H20N2O/c1-12-7-9-14(10-8-12)13(2)19-16-6-4-3-5-15(16)11-17(18)20/h3-10,13,19H,11H2,1-2H3,(H2,18,20). The maximum atomic E-state index is 11.1. The Morgan fingerprint density at radius 3 is 2.45 bits per heavy atom. The van der Waals surface area contributed by atoms with E-state index in [2.05, 4.69) is 43.4 Å². The van der Waals surface area contributed by atoms with E-state index < -0.39 is 0 Å². The van der Waals surface area contributed by atoms with Crippen LogP contribution in [0.1, 0.15) is 29.7 Å². The number of carbonyl (C=O) groups is 1. The first-order valence-corrected chi connectivity index (χ1v) is 6.75. The number of rotatable bonds is 5. The van der Waals surface area contributed by atoms with Gasteiger partial charge in [-0.2, -0.15) is 0 Å². The van der Waals surface area contributed by atoms with Crippen molar-refractivity contribution >= 4 is 11.6 Å². The smallest absolute Gasteiger partial charge is 0.221 e. The van der Waals surface area contributed by atoms with Crippen LogP contribution in [0.25, 0.3) is 0 Å². The number of hydrogen-bond acceptors (Lipinski definition) is 2. The van der Waals surface area contributed by atoms with E-state index in [0.29, 0.717) is 0 Å². The summed E-state index contributed by atoms with van der Waals surface area (Å²) < 4.78 is 0. The summed E-state index contributed by atoms with van der Waals surface area (Å²) >= 11 is 0. The Balaban J connectivity index is 2.17. The molecule has 3 heteroatoms. The van der Waals surface area contributed by atoms with Crippen molar-refractivity contribution in [2.24, 2.45) is 5.73 Å². The zero-order valence-corrected chi connectivity index (χ0v) is 11.9. The molecule has 2 aromatic rings. The van der Waals surface area contributed by atoms with Crippen molar-refractivity contribution in [2.45, 2.75) is 26.3 Å². The number of nitrogens with two attached hydrogens (primary N) is 1. The van der Waals surface area contributed by atoms with Crippen LogP contribution >= 0.6 is 0 Å². The Morgan fingerprint density at radius 1 is 1.15 bits per heavy atom. The minimum absolute atomic E-state index is 0.171. The van der Waals surface area contributed by atoms with E-state index in [0.717, 1.165) is 11.3 Å². The average Bonchev–Trinajstić information content (AvgIpc) is 2.41. The molecule has 0 heterocycles. The van der Waals surface area contributed by atoms with Gasteiger partial charge in [-0.05, 0) is 31.0 Å². The molecule has 20 heavy (non-hydrogen) atoms. The van der Waals surface area contributed by atoms with E-state index in [-0.39, 0.29) is 18.4 Å². The normalized spacial score (nSPS) is 11.9. The van der Waals surface area contributed by atoms with Crippen LogP contribution in [0.4, 0.5) is 5.69 Å². The maximum Gasteiger partial charge on any atom is 0.221 e. The predicted octanol–water partition coefficient (Wildman–Crippen LogP) is 3.20. The van der Waals surface area contributed by atoms with Crippen molar-refractivity contribution in [3.8, 4) is 0 Å². The molecule has 0 aliphatic rings. The maximum absolute atomic E-state index is 11.1. The van der Waals surface area contributed by atoms with Crippen LogP contribution in [0.3, 0.4) is 0 Å². The summed E-state index contributed by atoms with van der Waals surface area (Å²) in [6.07, 6.45) is 0.254. The molecule has 1 unspecified atom stereocenters. The van der Waals surface area contributed by atoms with E-state index in [1.807, 2.05) is 24.3 Å². The molecule has 2 rings (SSSR count). The van der Waals surface area contributed by atoms with Gasteiger partial charge in [0.1, 0.15) is 0 Å². The lowest BCUT2D eigenvalue weighted by molar-refractivity contribution is -0.117. The van der Waals surface area contributed by atoms with Gasteiger partial charge in [0.15, 0.2) is 0 Å². The number of anilines is 1. The summed E-state index contributed by atoms with van der Waals surface area (Å²) in [5, 5.41) is 3.44. The van der Waals surface area contributed by atoms with Gasteiger partial charge in [0.25, 0.3) is 0 Å². The second kappa shape index (κ2) is 6.24. The van der Waals surface area contributed by atoms with Gasteiger partial charge in [-0.1, -0.05) is 48.0 Å². The summed E-state index contributed by atoms with van der Waals surface area (Å²) in [7, 11) is 0. The number of benzene rings is 2. The summed E-state index contributed by atoms with van der Waals surface area (Å²) in [4.78, 5) is 11.1. The topological polar surface area (TPSA) is 55.1 Å². The van der Waals surface area contributed by atoms with Crippen molar-refractivity contribution in [1.29, 1.82) is 0 Å². The first-order chi connectivity index (χ1) is 9.56. The van der Waals surface area contributed by atoms with E-state index in [1.165, 1.54) is 11.1 Å². The molecular formula is C17H20N2O. The minimum Gasteiger partial charge on any atom is -0.378 e. The monoisotopic (exact) mass is 268 g/mol. The second-order valence-corrected chi connectivity index (χ2v) is 5.08. The molecule has 0 bridgehead atoms. The van der Waals surface area contributed by atoms with Crippen molar-refractivity contribution in [2.75, 3.05) is 5.32 Å². The molecular weight excluding hydrogens is 248 g/mol. The summed E-state index contributed by atoms with van der Waals surface area (Å²) in [6, 6.07) is 16.4. The quantitative estimate of drug-likeness (QED) is 0.875. The predicted molar refractivity (Wildman–Crippen MR) is 82.6 cm³/mol. The largest absolute Gasteiger partial charge is 0.378 e. The van der Waals surface area contributed by atoms with Crippen LogP contribution in [-0.2, 0) is 11.2 Å². The molecule has 3 N–H and O–H groups in total. The molecule has 0 aliphatic heterocycles. The van der Waals surface area contributed by atoms with Crippen LogP contribution < -0.4 is 11.1 Å². The molecule has 1 atom stereocenters. The van der Waals surface area contributed by atoms with E-state index in [4.69, 9.17) is 5.73 Å². The molecule has 0 saturated carbocycles. The summed E-state index contributed by atoms with van der Waals surface area (Å²) in [6.45, 7) is 4.18. The second-order valence-electron chi connectivity index (χ2n) is 5.08. The van der Waals surface area contributed by atoms with Crippen molar-refractivity contribution in [3.63, 3.8) is 0 Å². The molecule has 3 nitrogen and oxygen atoms in total. The number of nitrogens with one attached hydrogen (secondary N) is 1. The molecule has 0 aromatic heterocycles. The van der Waals surface area contributed by atoms with E-state index in [1.54, 1.807) is 0 Å². The molecule has 0 saturated heterocycles. The van der Waals surface area contributed by atoms with Crippen molar-refractivity contribution in [3.05, 3.63) is 65.2 Å². The Labute approximate surface area is 119 Å².